The van der Waals surface area contributed by atoms with Gasteiger partial charge >= 0.3 is 0 Å². The molecule has 0 saturated carbocycles. The molecule has 0 aliphatic heterocycles. The molecule has 0 aromatic rings. The van der Waals surface area contributed by atoms with Crippen molar-refractivity contribution in [1.82, 2.24) is 5.43 Å². The maximum atomic E-state index is 5.69. The van der Waals surface area contributed by atoms with Crippen LogP contribution in [0.5, 0.6) is 0 Å². The number of hydrogen-bond donors (Lipinski definition) is 2. The molecule has 3 N–H and O–H groups in total. The van der Waals surface area contributed by atoms with Gasteiger partial charge in [-0.3, -0.25) is 11.3 Å². The van der Waals surface area contributed by atoms with E-state index in [9.17, 15) is 0 Å². The van der Waals surface area contributed by atoms with Gasteiger partial charge in [0.05, 0.1) is 6.10 Å². The van der Waals surface area contributed by atoms with Crippen LogP contribution in [0.15, 0.2) is 0 Å². The Kier molecular flexibility index (Phi) is 9.35. The summed E-state index contributed by atoms with van der Waals surface area (Å²) in [5.74, 6) is 5.54. The Morgan fingerprint density at radius 3 is 2.29 bits per heavy atom. The number of nitrogens with two attached hydrogens (primary N) is 1. The van der Waals surface area contributed by atoms with Crippen molar-refractivity contribution in [2.24, 2.45) is 5.84 Å². The molecular weight excluding hydrogens is 176 g/mol. The first-order valence-corrected chi connectivity index (χ1v) is 5.87. The largest absolute Gasteiger partial charge is 0.377 e. The molecule has 0 fully saturated rings. The fourth-order valence-electron chi connectivity index (χ4n) is 1.70. The van der Waals surface area contributed by atoms with Crippen molar-refractivity contribution in [1.29, 1.82) is 0 Å². The Morgan fingerprint density at radius 2 is 1.86 bits per heavy atom. The number of nitrogens with one attached hydrogen (secondary N) is 1. The highest BCUT2D eigenvalue weighted by Gasteiger charge is 2.18. The first-order chi connectivity index (χ1) is 6.79. The first kappa shape index (κ1) is 13.9. The van der Waals surface area contributed by atoms with Gasteiger partial charge in [-0.15, -0.1) is 0 Å². The van der Waals surface area contributed by atoms with E-state index < -0.39 is 0 Å². The van der Waals surface area contributed by atoms with Crippen molar-refractivity contribution in [3.63, 3.8) is 0 Å². The SMILES string of the molecule is CCCCC(NN)C(CCC)OCC. The molecule has 0 spiro atoms. The van der Waals surface area contributed by atoms with Crippen LogP contribution in [-0.2, 0) is 4.74 Å². The van der Waals surface area contributed by atoms with Gasteiger partial charge in [-0.25, -0.2) is 0 Å². The zero-order valence-electron chi connectivity index (χ0n) is 9.88. The normalized spacial score (nSPS) is 15.4. The summed E-state index contributed by atoms with van der Waals surface area (Å²) < 4.78 is 5.69. The van der Waals surface area contributed by atoms with Crippen molar-refractivity contribution in [3.05, 3.63) is 0 Å². The number of ether oxygens (including phenoxy) is 1. The molecule has 0 amide bonds. The van der Waals surface area contributed by atoms with E-state index in [1.165, 1.54) is 12.8 Å². The van der Waals surface area contributed by atoms with Crippen LogP contribution < -0.4 is 11.3 Å². The molecule has 14 heavy (non-hydrogen) atoms. The van der Waals surface area contributed by atoms with Crippen molar-refractivity contribution < 1.29 is 4.74 Å². The van der Waals surface area contributed by atoms with Gasteiger partial charge < -0.3 is 4.74 Å². The summed E-state index contributed by atoms with van der Waals surface area (Å²) in [4.78, 5) is 0. The fourth-order valence-corrected chi connectivity index (χ4v) is 1.70. The number of hydrogen-bond acceptors (Lipinski definition) is 3. The van der Waals surface area contributed by atoms with Crippen LogP contribution in [0, 0.1) is 0 Å². The smallest absolute Gasteiger partial charge is 0.0741 e. The number of unbranched alkanes of at least 4 members (excludes halogenated alkanes) is 1. The van der Waals surface area contributed by atoms with E-state index in [1.54, 1.807) is 0 Å². The summed E-state index contributed by atoms with van der Waals surface area (Å²) in [5.41, 5.74) is 2.88. The van der Waals surface area contributed by atoms with Crippen LogP contribution in [0.4, 0.5) is 0 Å². The van der Waals surface area contributed by atoms with Crippen LogP contribution in [0.3, 0.4) is 0 Å². The van der Waals surface area contributed by atoms with Gasteiger partial charge in [-0.2, -0.15) is 0 Å². The van der Waals surface area contributed by atoms with Gasteiger partial charge in [-0.05, 0) is 19.8 Å². The van der Waals surface area contributed by atoms with E-state index in [0.717, 1.165) is 25.9 Å². The van der Waals surface area contributed by atoms with E-state index in [0.29, 0.717) is 6.04 Å². The maximum Gasteiger partial charge on any atom is 0.0741 e. The van der Waals surface area contributed by atoms with Crippen LogP contribution >= 0.6 is 0 Å². The zero-order valence-corrected chi connectivity index (χ0v) is 9.88. The summed E-state index contributed by atoms with van der Waals surface area (Å²) >= 11 is 0. The molecule has 0 bridgehead atoms. The van der Waals surface area contributed by atoms with Crippen LogP contribution in [0.1, 0.15) is 52.9 Å². The van der Waals surface area contributed by atoms with Gasteiger partial charge in [0, 0.05) is 12.6 Å². The molecule has 0 saturated heterocycles. The molecule has 2 atom stereocenters. The third-order valence-corrected chi connectivity index (χ3v) is 2.49. The van der Waals surface area contributed by atoms with Crippen molar-refractivity contribution in [3.8, 4) is 0 Å². The zero-order chi connectivity index (χ0) is 10.8. The van der Waals surface area contributed by atoms with Gasteiger partial charge in [-0.1, -0.05) is 33.1 Å². The van der Waals surface area contributed by atoms with Crippen molar-refractivity contribution >= 4 is 0 Å². The lowest BCUT2D eigenvalue weighted by Crippen LogP contribution is -2.45. The average molecular weight is 202 g/mol. The molecule has 3 nitrogen and oxygen atoms in total. The highest BCUT2D eigenvalue weighted by Crippen LogP contribution is 2.12. The van der Waals surface area contributed by atoms with E-state index in [4.69, 9.17) is 10.6 Å². The second-order valence-electron chi connectivity index (χ2n) is 3.70. The summed E-state index contributed by atoms with van der Waals surface area (Å²) in [7, 11) is 0. The highest BCUT2D eigenvalue weighted by atomic mass is 16.5. The minimum atomic E-state index is 0.279. The van der Waals surface area contributed by atoms with Crippen LogP contribution in [0.25, 0.3) is 0 Å². The Labute approximate surface area is 88.4 Å². The lowest BCUT2D eigenvalue weighted by molar-refractivity contribution is 0.0253. The molecule has 2 unspecified atom stereocenters. The Morgan fingerprint density at radius 1 is 1.14 bits per heavy atom. The molecule has 0 radical (unpaired) electrons. The molecule has 0 heterocycles. The Bertz CT molecular complexity index is 114. The van der Waals surface area contributed by atoms with E-state index in [1.807, 2.05) is 6.92 Å². The lowest BCUT2D eigenvalue weighted by Gasteiger charge is -2.26. The second kappa shape index (κ2) is 9.44. The average Bonchev–Trinajstić information content (AvgIpc) is 2.19. The third-order valence-electron chi connectivity index (χ3n) is 2.49. The van der Waals surface area contributed by atoms with E-state index in [-0.39, 0.29) is 6.10 Å². The molecule has 3 heteroatoms. The predicted molar refractivity (Wildman–Crippen MR) is 61.0 cm³/mol. The summed E-state index contributed by atoms with van der Waals surface area (Å²) in [6, 6.07) is 0.315. The quantitative estimate of drug-likeness (QED) is 0.445. The molecule has 0 rings (SSSR count). The predicted octanol–water partition coefficient (Wildman–Crippen LogP) is 2.21. The molecule has 0 aliphatic rings. The molecular formula is C11H26N2O. The van der Waals surface area contributed by atoms with Crippen molar-refractivity contribution in [2.45, 2.75) is 65.0 Å². The van der Waals surface area contributed by atoms with Crippen molar-refractivity contribution in [2.75, 3.05) is 6.61 Å². The molecule has 0 aromatic heterocycles. The lowest BCUT2D eigenvalue weighted by atomic mass is 10.0. The monoisotopic (exact) mass is 202 g/mol. The Balaban J connectivity index is 3.96. The number of rotatable bonds is 9. The summed E-state index contributed by atoms with van der Waals surface area (Å²) in [6.45, 7) is 7.19. The number of hydrazine groups is 1. The standard InChI is InChI=1S/C11H26N2O/c1-4-7-9-10(13-12)11(8-5-2)14-6-3/h10-11,13H,4-9,12H2,1-3H3. The molecule has 0 aromatic carbocycles. The van der Waals surface area contributed by atoms with Crippen LogP contribution in [0.2, 0.25) is 0 Å². The Hall–Kier alpha value is -0.120. The van der Waals surface area contributed by atoms with E-state index in [2.05, 4.69) is 19.3 Å². The highest BCUT2D eigenvalue weighted by molar-refractivity contribution is 4.74. The van der Waals surface area contributed by atoms with Gasteiger partial charge in [0.25, 0.3) is 0 Å². The third kappa shape index (κ3) is 5.58. The maximum absolute atomic E-state index is 5.69. The second-order valence-corrected chi connectivity index (χ2v) is 3.70. The fraction of sp³-hybridized carbons (Fsp3) is 1.00. The van der Waals surface area contributed by atoms with Gasteiger partial charge in [0.2, 0.25) is 0 Å². The summed E-state index contributed by atoms with van der Waals surface area (Å²) in [5, 5.41) is 0. The summed E-state index contributed by atoms with van der Waals surface area (Å²) in [6.07, 6.45) is 6.05. The molecule has 86 valence electrons. The molecule has 0 aliphatic carbocycles. The first-order valence-electron chi connectivity index (χ1n) is 5.87. The van der Waals surface area contributed by atoms with E-state index >= 15 is 0 Å². The van der Waals surface area contributed by atoms with Gasteiger partial charge in [0.15, 0.2) is 0 Å². The van der Waals surface area contributed by atoms with Gasteiger partial charge in [0.1, 0.15) is 0 Å². The van der Waals surface area contributed by atoms with Crippen LogP contribution in [-0.4, -0.2) is 18.8 Å². The minimum absolute atomic E-state index is 0.279. The topological polar surface area (TPSA) is 47.3 Å². The minimum Gasteiger partial charge on any atom is -0.377 e.